The third-order valence-electron chi connectivity index (χ3n) is 4.60. The molecule has 2 aliphatic heterocycles. The van der Waals surface area contributed by atoms with Crippen molar-refractivity contribution in [2.45, 2.75) is 42.4 Å². The number of carbonyl (C=O) groups is 1. The van der Waals surface area contributed by atoms with E-state index in [1.165, 1.54) is 0 Å². The van der Waals surface area contributed by atoms with Crippen molar-refractivity contribution in [3.8, 4) is 0 Å². The van der Waals surface area contributed by atoms with Crippen LogP contribution in [0, 0.1) is 5.92 Å². The fourth-order valence-electron chi connectivity index (χ4n) is 3.57. The number of sulfonamides is 1. The van der Waals surface area contributed by atoms with Gasteiger partial charge in [0.05, 0.1) is 16.5 Å². The maximum absolute atomic E-state index is 12.9. The molecule has 24 heavy (non-hydrogen) atoms. The van der Waals surface area contributed by atoms with Gasteiger partial charge in [-0.1, -0.05) is 11.6 Å². The molecule has 10 heteroatoms. The Morgan fingerprint density at radius 2 is 1.96 bits per heavy atom. The maximum Gasteiger partial charge on any atom is 0.416 e. The van der Waals surface area contributed by atoms with Crippen molar-refractivity contribution >= 4 is 27.6 Å². The molecule has 0 radical (unpaired) electrons. The van der Waals surface area contributed by atoms with Crippen LogP contribution in [0.5, 0.6) is 0 Å². The predicted molar refractivity (Wildman–Crippen MR) is 78.0 cm³/mol. The minimum absolute atomic E-state index is 0.163. The molecule has 2 heterocycles. The van der Waals surface area contributed by atoms with Gasteiger partial charge in [-0.2, -0.15) is 17.5 Å². The number of aliphatic carboxylic acids is 1. The largest absolute Gasteiger partial charge is 0.481 e. The molecule has 2 saturated heterocycles. The van der Waals surface area contributed by atoms with E-state index < -0.39 is 50.6 Å². The molecule has 0 aromatic heterocycles. The van der Waals surface area contributed by atoms with Crippen molar-refractivity contribution < 1.29 is 31.5 Å². The van der Waals surface area contributed by atoms with Gasteiger partial charge in [-0.15, -0.1) is 0 Å². The molecule has 2 fully saturated rings. The second-order valence-electron chi connectivity index (χ2n) is 5.96. The Bertz CT molecular complexity index is 796. The molecule has 1 aromatic rings. The van der Waals surface area contributed by atoms with Gasteiger partial charge >= 0.3 is 12.1 Å². The lowest BCUT2D eigenvalue weighted by atomic mass is 9.89. The lowest BCUT2D eigenvalue weighted by Crippen LogP contribution is -2.38. The van der Waals surface area contributed by atoms with Crippen molar-refractivity contribution in [3.05, 3.63) is 28.8 Å². The summed E-state index contributed by atoms with van der Waals surface area (Å²) >= 11 is 5.83. The molecule has 3 unspecified atom stereocenters. The highest BCUT2D eigenvalue weighted by Crippen LogP contribution is 2.46. The minimum Gasteiger partial charge on any atom is -0.481 e. The molecule has 132 valence electrons. The molecule has 1 aromatic carbocycles. The third-order valence-corrected chi connectivity index (χ3v) is 7.06. The summed E-state index contributed by atoms with van der Waals surface area (Å²) in [6.45, 7) is 0. The Labute approximate surface area is 141 Å². The Kier molecular flexibility index (Phi) is 4.09. The number of hydrogen-bond acceptors (Lipinski definition) is 3. The first-order valence-corrected chi connectivity index (χ1v) is 8.98. The Morgan fingerprint density at radius 3 is 2.50 bits per heavy atom. The fourth-order valence-corrected chi connectivity index (χ4v) is 5.99. The van der Waals surface area contributed by atoms with Crippen LogP contribution in [0.15, 0.2) is 23.1 Å². The van der Waals surface area contributed by atoms with Crippen molar-refractivity contribution in [1.29, 1.82) is 0 Å². The quantitative estimate of drug-likeness (QED) is 0.870. The molecule has 0 amide bonds. The minimum atomic E-state index is -4.71. The summed E-state index contributed by atoms with van der Waals surface area (Å²) in [5.41, 5.74) is -1.12. The van der Waals surface area contributed by atoms with Gasteiger partial charge in [-0.25, -0.2) is 8.42 Å². The van der Waals surface area contributed by atoms with Gasteiger partial charge < -0.3 is 5.11 Å². The molecule has 5 nitrogen and oxygen atoms in total. The molecule has 3 rings (SSSR count). The smallest absolute Gasteiger partial charge is 0.416 e. The number of fused-ring (bicyclic) bond motifs is 2. The van der Waals surface area contributed by atoms with Gasteiger partial charge in [0.1, 0.15) is 4.90 Å². The van der Waals surface area contributed by atoms with Gasteiger partial charge in [-0.3, -0.25) is 4.79 Å². The van der Waals surface area contributed by atoms with Crippen molar-refractivity contribution in [3.63, 3.8) is 0 Å². The van der Waals surface area contributed by atoms with E-state index >= 15 is 0 Å². The van der Waals surface area contributed by atoms with E-state index in [0.29, 0.717) is 25.0 Å². The average molecular weight is 384 g/mol. The molecule has 0 saturated carbocycles. The lowest BCUT2D eigenvalue weighted by Gasteiger charge is -2.23. The van der Waals surface area contributed by atoms with E-state index in [0.717, 1.165) is 10.4 Å². The second kappa shape index (κ2) is 5.60. The van der Waals surface area contributed by atoms with Crippen LogP contribution in [0.1, 0.15) is 24.8 Å². The van der Waals surface area contributed by atoms with E-state index in [2.05, 4.69) is 0 Å². The number of hydrogen-bond donors (Lipinski definition) is 1. The van der Waals surface area contributed by atoms with Gasteiger partial charge in [-0.05, 0) is 37.5 Å². The highest BCUT2D eigenvalue weighted by molar-refractivity contribution is 7.89. The number of rotatable bonds is 3. The zero-order valence-corrected chi connectivity index (χ0v) is 13.7. The first kappa shape index (κ1) is 17.5. The molecule has 3 atom stereocenters. The summed E-state index contributed by atoms with van der Waals surface area (Å²) in [6, 6.07) is 0.838. The first-order chi connectivity index (χ1) is 11.0. The summed E-state index contributed by atoms with van der Waals surface area (Å²) in [6.07, 6.45) is -3.68. The van der Waals surface area contributed by atoms with Crippen LogP contribution in [0.2, 0.25) is 5.02 Å². The van der Waals surface area contributed by atoms with E-state index in [4.69, 9.17) is 11.6 Å². The van der Waals surface area contributed by atoms with Crippen LogP contribution in [0.3, 0.4) is 0 Å². The highest BCUT2D eigenvalue weighted by atomic mass is 35.5. The summed E-state index contributed by atoms with van der Waals surface area (Å²) in [5, 5.41) is 8.88. The van der Waals surface area contributed by atoms with Crippen LogP contribution in [-0.4, -0.2) is 35.9 Å². The molecule has 2 aliphatic rings. The summed E-state index contributed by atoms with van der Waals surface area (Å²) in [5.74, 6) is -1.94. The molecule has 2 bridgehead atoms. The standard InChI is InChI=1S/C14H13ClF3NO4S/c15-10-3-1-7(14(16,17)18)5-12(10)24(22,23)19-8-2-4-11(19)9(6-8)13(20)21/h1,3,5,8-9,11H,2,4,6H2,(H,20,21). The van der Waals surface area contributed by atoms with Gasteiger partial charge in [0, 0.05) is 12.1 Å². The topological polar surface area (TPSA) is 74.7 Å². The van der Waals surface area contributed by atoms with Crippen LogP contribution in [0.25, 0.3) is 0 Å². The zero-order chi connectivity index (χ0) is 17.9. The monoisotopic (exact) mass is 383 g/mol. The Hall–Kier alpha value is -1.32. The molecule has 1 N–H and O–H groups in total. The second-order valence-corrected chi connectivity index (χ2v) is 8.18. The first-order valence-electron chi connectivity index (χ1n) is 7.16. The van der Waals surface area contributed by atoms with Gasteiger partial charge in [0.2, 0.25) is 10.0 Å². The van der Waals surface area contributed by atoms with Crippen LogP contribution < -0.4 is 0 Å². The molecular weight excluding hydrogens is 371 g/mol. The molecule has 0 spiro atoms. The number of alkyl halides is 3. The van der Waals surface area contributed by atoms with Crippen molar-refractivity contribution in [2.24, 2.45) is 5.92 Å². The number of halogens is 4. The lowest BCUT2D eigenvalue weighted by molar-refractivity contribution is -0.142. The number of carboxylic acids is 1. The van der Waals surface area contributed by atoms with Crippen molar-refractivity contribution in [2.75, 3.05) is 0 Å². The van der Waals surface area contributed by atoms with Crippen LogP contribution >= 0.6 is 11.6 Å². The molecular formula is C14H13ClF3NO4S. The zero-order valence-electron chi connectivity index (χ0n) is 12.1. The normalized spacial score (nSPS) is 27.6. The summed E-state index contributed by atoms with van der Waals surface area (Å²) in [7, 11) is -4.32. The molecule has 0 aliphatic carbocycles. The van der Waals surface area contributed by atoms with E-state index in [1.807, 2.05) is 0 Å². The van der Waals surface area contributed by atoms with Crippen LogP contribution in [-0.2, 0) is 21.0 Å². The maximum atomic E-state index is 12.9. The Morgan fingerprint density at radius 1 is 1.29 bits per heavy atom. The van der Waals surface area contributed by atoms with Gasteiger partial charge in [0.15, 0.2) is 0 Å². The van der Waals surface area contributed by atoms with E-state index in [-0.39, 0.29) is 11.4 Å². The van der Waals surface area contributed by atoms with E-state index in [9.17, 15) is 31.5 Å². The average Bonchev–Trinajstić information content (AvgIpc) is 3.04. The summed E-state index contributed by atoms with van der Waals surface area (Å²) < 4.78 is 65.3. The van der Waals surface area contributed by atoms with E-state index in [1.54, 1.807) is 0 Å². The predicted octanol–water partition coefficient (Wildman–Crippen LogP) is 2.99. The van der Waals surface area contributed by atoms with Gasteiger partial charge in [0.25, 0.3) is 0 Å². The summed E-state index contributed by atoms with van der Waals surface area (Å²) in [4.78, 5) is 10.6. The third kappa shape index (κ3) is 2.68. The number of nitrogens with zero attached hydrogens (tertiary/aromatic N) is 1. The number of carboxylic acid groups (broad SMARTS) is 1. The fraction of sp³-hybridized carbons (Fsp3) is 0.500. The Balaban J connectivity index is 2.05. The SMILES string of the molecule is O=C(O)C1CC2CCC1N2S(=O)(=O)c1cc(C(F)(F)F)ccc1Cl. The van der Waals surface area contributed by atoms with Crippen LogP contribution in [0.4, 0.5) is 13.2 Å². The highest BCUT2D eigenvalue weighted by Gasteiger charge is 2.54. The van der Waals surface area contributed by atoms with Crippen molar-refractivity contribution in [1.82, 2.24) is 4.31 Å². The number of benzene rings is 1.